The Labute approximate surface area is 126 Å². The molecule has 0 radical (unpaired) electrons. The first-order valence-electron chi connectivity index (χ1n) is 6.24. The molecular formula is C14H15ClN2O4. The van der Waals surface area contributed by atoms with Crippen molar-refractivity contribution in [1.82, 2.24) is 10.6 Å². The number of rotatable bonds is 7. The Bertz CT molecular complexity index is 555. The zero-order chi connectivity index (χ0) is 15.8. The molecule has 0 aliphatic heterocycles. The third-order valence-electron chi connectivity index (χ3n) is 2.53. The van der Waals surface area contributed by atoms with E-state index >= 15 is 0 Å². The van der Waals surface area contributed by atoms with Crippen LogP contribution in [0.1, 0.15) is 23.7 Å². The predicted molar refractivity (Wildman–Crippen MR) is 77.1 cm³/mol. The second-order valence-corrected chi connectivity index (χ2v) is 4.71. The van der Waals surface area contributed by atoms with Crippen LogP contribution in [-0.2, 0) is 14.4 Å². The summed E-state index contributed by atoms with van der Waals surface area (Å²) in [5, 5.41) is 5.27. The Morgan fingerprint density at radius 3 is 2.14 bits per heavy atom. The molecule has 2 amide bonds. The van der Waals surface area contributed by atoms with Crippen LogP contribution in [0.2, 0.25) is 5.02 Å². The molecule has 2 N–H and O–H groups in total. The summed E-state index contributed by atoms with van der Waals surface area (Å²) in [6.45, 7) is 1.69. The molecule has 1 rings (SSSR count). The zero-order valence-electron chi connectivity index (χ0n) is 11.4. The van der Waals surface area contributed by atoms with Crippen molar-refractivity contribution in [1.29, 1.82) is 0 Å². The maximum Gasteiger partial charge on any atom is 0.287 e. The third-order valence-corrected chi connectivity index (χ3v) is 2.78. The Hall–Kier alpha value is -2.21. The van der Waals surface area contributed by atoms with E-state index in [4.69, 9.17) is 11.6 Å². The molecule has 0 fully saturated rings. The molecular weight excluding hydrogens is 296 g/mol. The van der Waals surface area contributed by atoms with Gasteiger partial charge in [0.1, 0.15) is 0 Å². The molecule has 0 heterocycles. The van der Waals surface area contributed by atoms with E-state index in [2.05, 4.69) is 10.6 Å². The summed E-state index contributed by atoms with van der Waals surface area (Å²) < 4.78 is 0. The highest BCUT2D eigenvalue weighted by Gasteiger charge is 2.18. The average Bonchev–Trinajstić information content (AvgIpc) is 2.43. The molecule has 1 aromatic rings. The van der Waals surface area contributed by atoms with Gasteiger partial charge in [-0.15, -0.1) is 0 Å². The fourth-order valence-corrected chi connectivity index (χ4v) is 1.60. The lowest BCUT2D eigenvalue weighted by Crippen LogP contribution is -2.37. The Balaban J connectivity index is 2.41. The standard InChI is InChI=1S/C14H15ClN2O4/c1-9(18)16-6-7-17-14(21)13(20)8-12(19)10-2-4-11(15)5-3-10/h2-5H,6-8H2,1H3,(H,16,18)(H,17,21). The SMILES string of the molecule is CC(=O)NCCNC(=O)C(=O)CC(=O)c1ccc(Cl)cc1. The summed E-state index contributed by atoms with van der Waals surface area (Å²) in [6.07, 6.45) is -0.506. The fraction of sp³-hybridized carbons (Fsp3) is 0.286. The maximum absolute atomic E-state index is 11.8. The Morgan fingerprint density at radius 2 is 1.57 bits per heavy atom. The highest BCUT2D eigenvalue weighted by molar-refractivity contribution is 6.40. The normalized spacial score (nSPS) is 9.81. The minimum atomic E-state index is -0.845. The zero-order valence-corrected chi connectivity index (χ0v) is 12.2. The minimum absolute atomic E-state index is 0.124. The largest absolute Gasteiger partial charge is 0.355 e. The van der Waals surface area contributed by atoms with Gasteiger partial charge >= 0.3 is 0 Å². The number of hydrogen-bond acceptors (Lipinski definition) is 4. The smallest absolute Gasteiger partial charge is 0.287 e. The van der Waals surface area contributed by atoms with Crippen LogP contribution in [0.25, 0.3) is 0 Å². The molecule has 0 unspecified atom stereocenters. The monoisotopic (exact) mass is 310 g/mol. The molecule has 7 heteroatoms. The summed E-state index contributed by atoms with van der Waals surface area (Å²) in [5.74, 6) is -2.34. The predicted octanol–water partition coefficient (Wildman–Crippen LogP) is 0.734. The second kappa shape index (κ2) is 8.16. The van der Waals surface area contributed by atoms with E-state index in [1.807, 2.05) is 0 Å². The van der Waals surface area contributed by atoms with Gasteiger partial charge in [-0.25, -0.2) is 0 Å². The van der Waals surface area contributed by atoms with Crippen LogP contribution in [0.15, 0.2) is 24.3 Å². The van der Waals surface area contributed by atoms with Crippen LogP contribution in [0.5, 0.6) is 0 Å². The van der Waals surface area contributed by atoms with Crippen molar-refractivity contribution in [3.63, 3.8) is 0 Å². The van der Waals surface area contributed by atoms with Crippen molar-refractivity contribution < 1.29 is 19.2 Å². The lowest BCUT2D eigenvalue weighted by atomic mass is 10.1. The number of amides is 2. The van der Waals surface area contributed by atoms with E-state index in [1.54, 1.807) is 0 Å². The Morgan fingerprint density at radius 1 is 1.00 bits per heavy atom. The van der Waals surface area contributed by atoms with Gasteiger partial charge in [-0.05, 0) is 24.3 Å². The number of Topliss-reactive ketones (excluding diaryl/α,β-unsaturated/α-hetero) is 2. The topological polar surface area (TPSA) is 92.3 Å². The number of carbonyl (C=O) groups excluding carboxylic acids is 4. The summed E-state index contributed by atoms with van der Waals surface area (Å²) in [4.78, 5) is 45.4. The number of ketones is 2. The van der Waals surface area contributed by atoms with Crippen LogP contribution in [0, 0.1) is 0 Å². The molecule has 0 saturated carbocycles. The molecule has 1 aromatic carbocycles. The first-order valence-corrected chi connectivity index (χ1v) is 6.62. The molecule has 6 nitrogen and oxygen atoms in total. The van der Waals surface area contributed by atoms with Gasteiger partial charge in [-0.1, -0.05) is 11.6 Å². The highest BCUT2D eigenvalue weighted by Crippen LogP contribution is 2.11. The van der Waals surface area contributed by atoms with Crippen molar-refractivity contribution in [2.24, 2.45) is 0 Å². The molecule has 0 aliphatic carbocycles. The van der Waals surface area contributed by atoms with Gasteiger partial charge in [-0.3, -0.25) is 19.2 Å². The molecule has 0 spiro atoms. The van der Waals surface area contributed by atoms with Crippen LogP contribution in [0.3, 0.4) is 0 Å². The van der Waals surface area contributed by atoms with Crippen molar-refractivity contribution in [3.8, 4) is 0 Å². The average molecular weight is 311 g/mol. The first kappa shape index (κ1) is 16.8. The maximum atomic E-state index is 11.8. The van der Waals surface area contributed by atoms with Gasteiger partial charge in [0.25, 0.3) is 5.91 Å². The molecule has 0 aliphatic rings. The van der Waals surface area contributed by atoms with Gasteiger partial charge in [-0.2, -0.15) is 0 Å². The lowest BCUT2D eigenvalue weighted by Gasteiger charge is -2.05. The third kappa shape index (κ3) is 6.18. The molecule has 0 saturated heterocycles. The second-order valence-electron chi connectivity index (χ2n) is 4.27. The van der Waals surface area contributed by atoms with E-state index in [-0.39, 0.29) is 19.0 Å². The van der Waals surface area contributed by atoms with E-state index in [0.717, 1.165) is 0 Å². The fourth-order valence-electron chi connectivity index (χ4n) is 1.48. The van der Waals surface area contributed by atoms with Gasteiger partial charge in [0.2, 0.25) is 11.7 Å². The quantitative estimate of drug-likeness (QED) is 0.336. The number of benzene rings is 1. The molecule has 21 heavy (non-hydrogen) atoms. The summed E-state index contributed by atoms with van der Waals surface area (Å²) in [7, 11) is 0. The van der Waals surface area contributed by atoms with Gasteiger partial charge in [0.15, 0.2) is 5.78 Å². The van der Waals surface area contributed by atoms with Crippen molar-refractivity contribution in [3.05, 3.63) is 34.9 Å². The molecule has 0 bridgehead atoms. The van der Waals surface area contributed by atoms with Crippen LogP contribution < -0.4 is 10.6 Å². The minimum Gasteiger partial charge on any atom is -0.355 e. The molecule has 112 valence electrons. The first-order chi connectivity index (χ1) is 9.90. The molecule has 0 aromatic heterocycles. The molecule has 0 atom stereocenters. The van der Waals surface area contributed by atoms with Gasteiger partial charge in [0.05, 0.1) is 6.42 Å². The Kier molecular flexibility index (Phi) is 6.55. The van der Waals surface area contributed by atoms with E-state index in [0.29, 0.717) is 10.6 Å². The van der Waals surface area contributed by atoms with Crippen molar-refractivity contribution in [2.45, 2.75) is 13.3 Å². The van der Waals surface area contributed by atoms with E-state index < -0.39 is 23.9 Å². The van der Waals surface area contributed by atoms with Crippen molar-refractivity contribution >= 4 is 35.0 Å². The van der Waals surface area contributed by atoms with Crippen LogP contribution in [-0.4, -0.2) is 36.5 Å². The lowest BCUT2D eigenvalue weighted by molar-refractivity contribution is -0.137. The summed E-state index contributed by atoms with van der Waals surface area (Å²) in [5.41, 5.74) is 0.318. The number of halogens is 1. The number of carbonyl (C=O) groups is 4. The highest BCUT2D eigenvalue weighted by atomic mass is 35.5. The van der Waals surface area contributed by atoms with Gasteiger partial charge in [0, 0.05) is 30.6 Å². The van der Waals surface area contributed by atoms with Crippen LogP contribution >= 0.6 is 11.6 Å². The summed E-state index contributed by atoms with van der Waals surface area (Å²) >= 11 is 5.69. The van der Waals surface area contributed by atoms with Crippen molar-refractivity contribution in [2.75, 3.05) is 13.1 Å². The van der Waals surface area contributed by atoms with Gasteiger partial charge < -0.3 is 10.6 Å². The number of hydrogen-bond donors (Lipinski definition) is 2. The summed E-state index contributed by atoms with van der Waals surface area (Å²) in [6, 6.07) is 6.05. The van der Waals surface area contributed by atoms with E-state index in [1.165, 1.54) is 31.2 Å². The van der Waals surface area contributed by atoms with E-state index in [9.17, 15) is 19.2 Å². The number of nitrogens with one attached hydrogen (secondary N) is 2. The van der Waals surface area contributed by atoms with Crippen LogP contribution in [0.4, 0.5) is 0 Å².